The van der Waals surface area contributed by atoms with E-state index < -0.39 is 0 Å². The molecule has 2 heteroatoms. The molecule has 0 aliphatic heterocycles. The first kappa shape index (κ1) is 8.05. The maximum atomic E-state index is 4.26. The number of nitrogens with one attached hydrogen (secondary N) is 1. The summed E-state index contributed by atoms with van der Waals surface area (Å²) in [5.74, 6) is 0.913. The third-order valence-electron chi connectivity index (χ3n) is 2.13. The molecule has 0 saturated heterocycles. The van der Waals surface area contributed by atoms with Crippen LogP contribution in [0, 0.1) is 6.92 Å². The van der Waals surface area contributed by atoms with E-state index in [-0.39, 0.29) is 0 Å². The van der Waals surface area contributed by atoms with Crippen molar-refractivity contribution in [3.63, 3.8) is 0 Å². The molecule has 1 aromatic carbocycles. The van der Waals surface area contributed by atoms with Gasteiger partial charge in [-0.05, 0) is 24.4 Å². The highest BCUT2D eigenvalue weighted by Gasteiger charge is 1.95. The van der Waals surface area contributed by atoms with Crippen LogP contribution in [-0.2, 0) is 0 Å². The van der Waals surface area contributed by atoms with Crippen molar-refractivity contribution in [2.45, 2.75) is 6.92 Å². The Kier molecular flexibility index (Phi) is 1.89. The Morgan fingerprint density at radius 2 is 2.00 bits per heavy atom. The van der Waals surface area contributed by atoms with Gasteiger partial charge in [-0.2, -0.15) is 0 Å². The first-order valence-electron chi connectivity index (χ1n) is 4.34. The summed E-state index contributed by atoms with van der Waals surface area (Å²) in [6.45, 7) is 2.09. The zero-order valence-electron chi connectivity index (χ0n) is 7.83. The van der Waals surface area contributed by atoms with Gasteiger partial charge in [-0.15, -0.1) is 0 Å². The lowest BCUT2D eigenvalue weighted by Gasteiger charge is -2.02. The fourth-order valence-electron chi connectivity index (χ4n) is 1.40. The molecule has 0 unspecified atom stereocenters. The second-order valence-electron chi connectivity index (χ2n) is 3.17. The van der Waals surface area contributed by atoms with Gasteiger partial charge in [-0.1, -0.05) is 17.7 Å². The van der Waals surface area contributed by atoms with Gasteiger partial charge < -0.3 is 5.32 Å². The lowest BCUT2D eigenvalue weighted by Crippen LogP contribution is -1.91. The van der Waals surface area contributed by atoms with Crippen molar-refractivity contribution in [2.24, 2.45) is 0 Å². The molecule has 2 rings (SSSR count). The normalized spacial score (nSPS) is 10.3. The van der Waals surface area contributed by atoms with Gasteiger partial charge in [0.25, 0.3) is 0 Å². The molecule has 0 aliphatic carbocycles. The average molecular weight is 172 g/mol. The van der Waals surface area contributed by atoms with Crippen molar-refractivity contribution in [1.82, 2.24) is 4.98 Å². The van der Waals surface area contributed by atoms with Crippen LogP contribution in [0.2, 0.25) is 0 Å². The number of rotatable bonds is 1. The molecule has 0 saturated carbocycles. The van der Waals surface area contributed by atoms with Gasteiger partial charge in [0.1, 0.15) is 5.82 Å². The van der Waals surface area contributed by atoms with Gasteiger partial charge in [0.2, 0.25) is 0 Å². The van der Waals surface area contributed by atoms with Crippen molar-refractivity contribution in [3.05, 3.63) is 36.0 Å². The van der Waals surface area contributed by atoms with Crippen molar-refractivity contribution in [1.29, 1.82) is 0 Å². The van der Waals surface area contributed by atoms with Crippen LogP contribution in [0.25, 0.3) is 10.8 Å². The van der Waals surface area contributed by atoms with Crippen molar-refractivity contribution >= 4 is 16.6 Å². The molecular formula is C11H12N2. The van der Waals surface area contributed by atoms with Crippen LogP contribution >= 0.6 is 0 Å². The van der Waals surface area contributed by atoms with Crippen LogP contribution in [0.15, 0.2) is 30.5 Å². The highest BCUT2D eigenvalue weighted by Crippen LogP contribution is 2.17. The van der Waals surface area contributed by atoms with Crippen LogP contribution in [0.1, 0.15) is 5.56 Å². The Labute approximate surface area is 77.6 Å². The Morgan fingerprint density at radius 3 is 2.77 bits per heavy atom. The Bertz CT molecular complexity index is 435. The predicted molar refractivity (Wildman–Crippen MR) is 56.0 cm³/mol. The Morgan fingerprint density at radius 1 is 1.15 bits per heavy atom. The van der Waals surface area contributed by atoms with Crippen LogP contribution in [-0.4, -0.2) is 12.0 Å². The van der Waals surface area contributed by atoms with Crippen LogP contribution in [0.3, 0.4) is 0 Å². The molecule has 2 nitrogen and oxygen atoms in total. The van der Waals surface area contributed by atoms with Crippen LogP contribution in [0.5, 0.6) is 0 Å². The quantitative estimate of drug-likeness (QED) is 0.715. The monoisotopic (exact) mass is 172 g/mol. The van der Waals surface area contributed by atoms with Gasteiger partial charge in [0.05, 0.1) is 0 Å². The van der Waals surface area contributed by atoms with E-state index in [2.05, 4.69) is 41.5 Å². The van der Waals surface area contributed by atoms with Crippen LogP contribution < -0.4 is 5.32 Å². The second kappa shape index (κ2) is 3.05. The fraction of sp³-hybridized carbons (Fsp3) is 0.182. The van der Waals surface area contributed by atoms with Crippen molar-refractivity contribution < 1.29 is 0 Å². The van der Waals surface area contributed by atoms with E-state index >= 15 is 0 Å². The lowest BCUT2D eigenvalue weighted by atomic mass is 10.1. The van der Waals surface area contributed by atoms with E-state index in [1.54, 1.807) is 0 Å². The zero-order valence-corrected chi connectivity index (χ0v) is 7.83. The van der Waals surface area contributed by atoms with Gasteiger partial charge >= 0.3 is 0 Å². The highest BCUT2D eigenvalue weighted by atomic mass is 14.9. The van der Waals surface area contributed by atoms with E-state index in [9.17, 15) is 0 Å². The fourth-order valence-corrected chi connectivity index (χ4v) is 1.40. The van der Waals surface area contributed by atoms with Crippen molar-refractivity contribution in [3.8, 4) is 0 Å². The Balaban J connectivity index is 2.66. The molecule has 1 N–H and O–H groups in total. The number of aromatic nitrogens is 1. The van der Waals surface area contributed by atoms with Crippen molar-refractivity contribution in [2.75, 3.05) is 12.4 Å². The molecule has 66 valence electrons. The number of fused-ring (bicyclic) bond motifs is 1. The summed E-state index contributed by atoms with van der Waals surface area (Å²) in [6.07, 6.45) is 1.90. The summed E-state index contributed by atoms with van der Waals surface area (Å²) < 4.78 is 0. The second-order valence-corrected chi connectivity index (χ2v) is 3.17. The van der Waals surface area contributed by atoms with E-state index in [0.29, 0.717) is 0 Å². The van der Waals surface area contributed by atoms with E-state index in [0.717, 1.165) is 5.82 Å². The molecule has 0 aliphatic rings. The average Bonchev–Trinajstić information content (AvgIpc) is 2.17. The number of nitrogens with zero attached hydrogens (tertiary/aromatic N) is 1. The van der Waals surface area contributed by atoms with Gasteiger partial charge in [-0.3, -0.25) is 0 Å². The minimum Gasteiger partial charge on any atom is -0.373 e. The molecule has 2 aromatic rings. The molecule has 0 atom stereocenters. The molecule has 1 aromatic heterocycles. The maximum absolute atomic E-state index is 4.26. The van der Waals surface area contributed by atoms with Gasteiger partial charge in [-0.25, -0.2) is 4.98 Å². The van der Waals surface area contributed by atoms with E-state index in [4.69, 9.17) is 0 Å². The SMILES string of the molecule is CNc1cc2ccc(C)cc2cn1. The molecule has 0 radical (unpaired) electrons. The molecular weight excluding hydrogens is 160 g/mol. The highest BCUT2D eigenvalue weighted by molar-refractivity contribution is 5.84. The molecule has 0 amide bonds. The summed E-state index contributed by atoms with van der Waals surface area (Å²) in [6, 6.07) is 8.42. The number of hydrogen-bond donors (Lipinski definition) is 1. The molecule has 1 heterocycles. The van der Waals surface area contributed by atoms with E-state index in [1.807, 2.05) is 13.2 Å². The van der Waals surface area contributed by atoms with E-state index in [1.165, 1.54) is 16.3 Å². The minimum absolute atomic E-state index is 0.913. The smallest absolute Gasteiger partial charge is 0.126 e. The first-order chi connectivity index (χ1) is 6.29. The van der Waals surface area contributed by atoms with Gasteiger partial charge in [0, 0.05) is 18.6 Å². The first-order valence-corrected chi connectivity index (χ1v) is 4.34. The number of hydrogen-bond acceptors (Lipinski definition) is 2. The van der Waals surface area contributed by atoms with Crippen LogP contribution in [0.4, 0.5) is 5.82 Å². The Hall–Kier alpha value is -1.57. The van der Waals surface area contributed by atoms with Gasteiger partial charge in [0.15, 0.2) is 0 Å². The summed E-state index contributed by atoms with van der Waals surface area (Å²) in [5, 5.41) is 5.44. The topological polar surface area (TPSA) is 24.9 Å². The number of anilines is 1. The number of benzene rings is 1. The molecule has 0 spiro atoms. The summed E-state index contributed by atoms with van der Waals surface area (Å²) in [7, 11) is 1.88. The molecule has 13 heavy (non-hydrogen) atoms. The summed E-state index contributed by atoms with van der Waals surface area (Å²) >= 11 is 0. The minimum atomic E-state index is 0.913. The zero-order chi connectivity index (χ0) is 9.26. The lowest BCUT2D eigenvalue weighted by molar-refractivity contribution is 1.31. The third-order valence-corrected chi connectivity index (χ3v) is 2.13. The molecule has 0 fully saturated rings. The third kappa shape index (κ3) is 1.47. The maximum Gasteiger partial charge on any atom is 0.126 e. The number of aryl methyl sites for hydroxylation is 1. The predicted octanol–water partition coefficient (Wildman–Crippen LogP) is 2.58. The largest absolute Gasteiger partial charge is 0.373 e. The summed E-state index contributed by atoms with van der Waals surface area (Å²) in [4.78, 5) is 4.26. The number of pyridine rings is 1. The standard InChI is InChI=1S/C11H12N2/c1-8-3-4-9-6-11(12-2)13-7-10(9)5-8/h3-7H,1-2H3,(H,12,13). The molecule has 0 bridgehead atoms. The summed E-state index contributed by atoms with van der Waals surface area (Å²) in [5.41, 5.74) is 1.27.